The van der Waals surface area contributed by atoms with Crippen molar-refractivity contribution in [3.63, 3.8) is 0 Å². The number of hydrogen-bond donors (Lipinski definition) is 1. The molecule has 24 heavy (non-hydrogen) atoms. The first-order chi connectivity index (χ1) is 11.2. The van der Waals surface area contributed by atoms with E-state index in [-0.39, 0.29) is 12.5 Å². The molecule has 0 radical (unpaired) electrons. The zero-order valence-corrected chi connectivity index (χ0v) is 14.3. The maximum absolute atomic E-state index is 11.9. The van der Waals surface area contributed by atoms with E-state index in [4.69, 9.17) is 19.9 Å². The largest absolute Gasteiger partial charge is 0.458 e. The minimum atomic E-state index is -0.711. The molecule has 0 heterocycles. The van der Waals surface area contributed by atoms with Crippen LogP contribution in [0.15, 0.2) is 24.3 Å². The van der Waals surface area contributed by atoms with Crippen LogP contribution >= 0.6 is 0 Å². The lowest BCUT2D eigenvalue weighted by atomic mass is 10.1. The fourth-order valence-electron chi connectivity index (χ4n) is 1.68. The van der Waals surface area contributed by atoms with Gasteiger partial charge in [0.2, 0.25) is 0 Å². The van der Waals surface area contributed by atoms with Crippen molar-refractivity contribution in [1.29, 1.82) is 0 Å². The van der Waals surface area contributed by atoms with Gasteiger partial charge in [-0.1, -0.05) is 13.8 Å². The standard InChI is InChI=1S/C17H23NO6/c1-10(2)15(18)17(21)23-11(3)9-22-16(20)13-5-7-14(8-6-13)24-12(4)19/h5-8,10-11,15H,9,18H2,1-4H3. The second kappa shape index (κ2) is 9.02. The van der Waals surface area contributed by atoms with Gasteiger partial charge in [-0.2, -0.15) is 0 Å². The van der Waals surface area contributed by atoms with E-state index in [1.54, 1.807) is 6.92 Å². The number of benzene rings is 1. The number of nitrogens with two attached hydrogens (primary N) is 1. The summed E-state index contributed by atoms with van der Waals surface area (Å²) in [4.78, 5) is 34.4. The highest BCUT2D eigenvalue weighted by molar-refractivity contribution is 5.89. The number of hydrogen-bond acceptors (Lipinski definition) is 7. The molecular formula is C17H23NO6. The van der Waals surface area contributed by atoms with Crippen LogP contribution in [-0.4, -0.2) is 36.7 Å². The number of ether oxygens (including phenoxy) is 3. The summed E-state index contributed by atoms with van der Waals surface area (Å²) >= 11 is 0. The molecule has 7 heteroatoms. The maximum Gasteiger partial charge on any atom is 0.338 e. The van der Waals surface area contributed by atoms with E-state index in [1.165, 1.54) is 31.2 Å². The minimum absolute atomic E-state index is 0.0389. The average molecular weight is 337 g/mol. The molecule has 2 atom stereocenters. The van der Waals surface area contributed by atoms with Crippen LogP contribution in [0.4, 0.5) is 0 Å². The molecule has 2 N–H and O–H groups in total. The summed E-state index contributed by atoms with van der Waals surface area (Å²) in [6.07, 6.45) is -0.605. The Labute approximate surface area is 141 Å². The number of carbonyl (C=O) groups is 3. The predicted octanol–water partition coefficient (Wildman–Crippen LogP) is 1.68. The van der Waals surface area contributed by atoms with E-state index in [0.717, 1.165) is 0 Å². The van der Waals surface area contributed by atoms with Gasteiger partial charge in [0.15, 0.2) is 0 Å². The summed E-state index contributed by atoms with van der Waals surface area (Å²) in [7, 11) is 0. The lowest BCUT2D eigenvalue weighted by molar-refractivity contribution is -0.152. The molecule has 0 amide bonds. The van der Waals surface area contributed by atoms with Crippen LogP contribution in [0, 0.1) is 5.92 Å². The highest BCUT2D eigenvalue weighted by Crippen LogP contribution is 2.13. The van der Waals surface area contributed by atoms with E-state index in [0.29, 0.717) is 11.3 Å². The van der Waals surface area contributed by atoms with Crippen LogP contribution < -0.4 is 10.5 Å². The first kappa shape index (κ1) is 19.6. The Bertz CT molecular complexity index is 581. The molecule has 1 aromatic carbocycles. The van der Waals surface area contributed by atoms with Crippen molar-refractivity contribution in [2.24, 2.45) is 11.7 Å². The molecule has 0 aromatic heterocycles. The molecule has 0 aliphatic rings. The first-order valence-corrected chi connectivity index (χ1v) is 7.62. The Balaban J connectivity index is 2.47. The Morgan fingerprint density at radius 3 is 2.17 bits per heavy atom. The van der Waals surface area contributed by atoms with Gasteiger partial charge in [-0.25, -0.2) is 4.79 Å². The Morgan fingerprint density at radius 1 is 1.08 bits per heavy atom. The molecular weight excluding hydrogens is 314 g/mol. The van der Waals surface area contributed by atoms with E-state index in [9.17, 15) is 14.4 Å². The van der Waals surface area contributed by atoms with Crippen LogP contribution in [0.25, 0.3) is 0 Å². The third kappa shape index (κ3) is 6.37. The van der Waals surface area contributed by atoms with Crippen molar-refractivity contribution in [3.8, 4) is 5.75 Å². The van der Waals surface area contributed by atoms with Crippen LogP contribution in [0.5, 0.6) is 5.75 Å². The van der Waals surface area contributed by atoms with Gasteiger partial charge in [0.05, 0.1) is 5.56 Å². The molecule has 0 aliphatic carbocycles. The summed E-state index contributed by atoms with van der Waals surface area (Å²) in [5.74, 6) is -1.24. The lowest BCUT2D eigenvalue weighted by Crippen LogP contribution is -2.39. The van der Waals surface area contributed by atoms with Crippen molar-refractivity contribution in [1.82, 2.24) is 0 Å². The molecule has 0 bridgehead atoms. The van der Waals surface area contributed by atoms with E-state index < -0.39 is 30.1 Å². The topological polar surface area (TPSA) is 105 Å². The zero-order valence-electron chi connectivity index (χ0n) is 14.3. The third-order valence-electron chi connectivity index (χ3n) is 3.11. The van der Waals surface area contributed by atoms with Gasteiger partial charge in [-0.15, -0.1) is 0 Å². The Kier molecular flexibility index (Phi) is 7.38. The first-order valence-electron chi connectivity index (χ1n) is 7.62. The smallest absolute Gasteiger partial charge is 0.338 e. The summed E-state index contributed by atoms with van der Waals surface area (Å²) in [5.41, 5.74) is 5.98. The van der Waals surface area contributed by atoms with E-state index in [1.807, 2.05) is 13.8 Å². The van der Waals surface area contributed by atoms with E-state index in [2.05, 4.69) is 0 Å². The van der Waals surface area contributed by atoms with Crippen molar-refractivity contribution < 1.29 is 28.6 Å². The number of rotatable bonds is 7. The normalized spacial score (nSPS) is 13.1. The highest BCUT2D eigenvalue weighted by Gasteiger charge is 2.21. The van der Waals surface area contributed by atoms with Crippen LogP contribution in [0.3, 0.4) is 0 Å². The van der Waals surface area contributed by atoms with Crippen molar-refractivity contribution >= 4 is 17.9 Å². The fourth-order valence-corrected chi connectivity index (χ4v) is 1.68. The molecule has 0 fully saturated rings. The Morgan fingerprint density at radius 2 is 1.67 bits per heavy atom. The van der Waals surface area contributed by atoms with Gasteiger partial charge in [0.25, 0.3) is 0 Å². The fraction of sp³-hybridized carbons (Fsp3) is 0.471. The zero-order chi connectivity index (χ0) is 18.3. The molecule has 0 aliphatic heterocycles. The third-order valence-corrected chi connectivity index (χ3v) is 3.11. The molecule has 0 spiro atoms. The number of esters is 3. The van der Waals surface area contributed by atoms with Gasteiger partial charge in [0, 0.05) is 6.92 Å². The minimum Gasteiger partial charge on any atom is -0.458 e. The van der Waals surface area contributed by atoms with Gasteiger partial charge in [-0.05, 0) is 37.1 Å². The Hall–Kier alpha value is -2.41. The monoisotopic (exact) mass is 337 g/mol. The SMILES string of the molecule is CC(=O)Oc1ccc(C(=O)OCC(C)OC(=O)C(N)C(C)C)cc1. The predicted molar refractivity (Wildman–Crippen MR) is 86.4 cm³/mol. The van der Waals surface area contributed by atoms with Gasteiger partial charge >= 0.3 is 17.9 Å². The van der Waals surface area contributed by atoms with Crippen molar-refractivity contribution in [3.05, 3.63) is 29.8 Å². The summed E-state index contributed by atoms with van der Waals surface area (Å²) in [5, 5.41) is 0. The molecule has 132 valence electrons. The molecule has 0 saturated carbocycles. The summed E-state index contributed by atoms with van der Waals surface area (Å²) in [6, 6.07) is 5.22. The molecule has 2 unspecified atom stereocenters. The second-order valence-corrected chi connectivity index (χ2v) is 5.73. The molecule has 0 saturated heterocycles. The molecule has 1 aromatic rings. The highest BCUT2D eigenvalue weighted by atomic mass is 16.6. The number of carbonyl (C=O) groups excluding carboxylic acids is 3. The van der Waals surface area contributed by atoms with Crippen LogP contribution in [0.2, 0.25) is 0 Å². The summed E-state index contributed by atoms with van der Waals surface area (Å²) < 4.78 is 15.1. The van der Waals surface area contributed by atoms with Crippen LogP contribution in [0.1, 0.15) is 38.1 Å². The van der Waals surface area contributed by atoms with Gasteiger partial charge in [-0.3, -0.25) is 9.59 Å². The molecule has 1 rings (SSSR count). The van der Waals surface area contributed by atoms with Gasteiger partial charge < -0.3 is 19.9 Å². The quantitative estimate of drug-likeness (QED) is 0.596. The lowest BCUT2D eigenvalue weighted by Gasteiger charge is -2.18. The van der Waals surface area contributed by atoms with Gasteiger partial charge in [0.1, 0.15) is 24.5 Å². The molecule has 7 nitrogen and oxygen atoms in total. The summed E-state index contributed by atoms with van der Waals surface area (Å²) in [6.45, 7) is 6.45. The second-order valence-electron chi connectivity index (χ2n) is 5.73. The van der Waals surface area contributed by atoms with Crippen LogP contribution in [-0.2, 0) is 19.1 Å². The van der Waals surface area contributed by atoms with Crippen molar-refractivity contribution in [2.45, 2.75) is 39.8 Å². The maximum atomic E-state index is 11.9. The van der Waals surface area contributed by atoms with Crippen molar-refractivity contribution in [2.75, 3.05) is 6.61 Å². The average Bonchev–Trinajstić information content (AvgIpc) is 2.51. The van der Waals surface area contributed by atoms with E-state index >= 15 is 0 Å².